The van der Waals surface area contributed by atoms with Gasteiger partial charge < -0.3 is 24.4 Å². The van der Waals surface area contributed by atoms with Crippen LogP contribution >= 0.6 is 0 Å². The lowest BCUT2D eigenvalue weighted by Crippen LogP contribution is -2.30. The molecule has 0 saturated carbocycles. The minimum Gasteiger partial charge on any atom is -0.497 e. The molecule has 1 aliphatic rings. The van der Waals surface area contributed by atoms with E-state index in [1.54, 1.807) is 38.4 Å². The molecule has 0 aliphatic carbocycles. The van der Waals surface area contributed by atoms with Crippen molar-refractivity contribution in [3.05, 3.63) is 48.0 Å². The van der Waals surface area contributed by atoms with Crippen molar-refractivity contribution in [1.29, 1.82) is 0 Å². The molecule has 1 aliphatic heterocycles. The van der Waals surface area contributed by atoms with Crippen LogP contribution in [-0.4, -0.2) is 51.1 Å². The van der Waals surface area contributed by atoms with Gasteiger partial charge in [0.05, 0.1) is 27.2 Å². The number of anilines is 1. The number of likely N-dealkylation sites (tertiary alicyclic amines) is 1. The summed E-state index contributed by atoms with van der Waals surface area (Å²) in [7, 11) is 4.77. The van der Waals surface area contributed by atoms with Crippen molar-refractivity contribution >= 4 is 17.5 Å². The summed E-state index contributed by atoms with van der Waals surface area (Å²) in [6.45, 7) is 0.971. The second kappa shape index (κ2) is 9.32. The van der Waals surface area contributed by atoms with Gasteiger partial charge in [-0.15, -0.1) is 0 Å². The van der Waals surface area contributed by atoms with Gasteiger partial charge in [-0.05, 0) is 36.2 Å². The Morgan fingerprint density at radius 2 is 1.86 bits per heavy atom. The molecule has 2 aromatic rings. The number of nitrogens with zero attached hydrogens (tertiary/aromatic N) is 1. The standard InChI is InChI=1S/C22H26N2O5/c1-27-18-6-4-5-17(13-18)23-22(26)16-12-21(25)24(14-16)10-9-15-7-8-19(28-2)20(11-15)29-3/h4-8,11,13,16H,9-10,12,14H2,1-3H3,(H,23,26). The van der Waals surface area contributed by atoms with Gasteiger partial charge in [-0.3, -0.25) is 9.59 Å². The van der Waals surface area contributed by atoms with Gasteiger partial charge in [0.2, 0.25) is 11.8 Å². The van der Waals surface area contributed by atoms with E-state index >= 15 is 0 Å². The highest BCUT2D eigenvalue weighted by molar-refractivity contribution is 5.97. The Kier molecular flexibility index (Phi) is 6.59. The highest BCUT2D eigenvalue weighted by Crippen LogP contribution is 2.28. The largest absolute Gasteiger partial charge is 0.497 e. The van der Waals surface area contributed by atoms with Crippen LogP contribution in [0.3, 0.4) is 0 Å². The number of ether oxygens (including phenoxy) is 3. The lowest BCUT2D eigenvalue weighted by molar-refractivity contribution is -0.128. The van der Waals surface area contributed by atoms with E-state index in [4.69, 9.17) is 14.2 Å². The summed E-state index contributed by atoms with van der Waals surface area (Å²) in [6, 6.07) is 12.9. The van der Waals surface area contributed by atoms with Crippen molar-refractivity contribution in [2.45, 2.75) is 12.8 Å². The molecule has 1 atom stereocenters. The monoisotopic (exact) mass is 398 g/mol. The Hall–Kier alpha value is -3.22. The fraction of sp³-hybridized carbons (Fsp3) is 0.364. The average Bonchev–Trinajstić information content (AvgIpc) is 3.12. The molecule has 1 heterocycles. The van der Waals surface area contributed by atoms with Crippen molar-refractivity contribution in [2.75, 3.05) is 39.7 Å². The molecule has 2 aromatic carbocycles. The number of carbonyl (C=O) groups is 2. The third-order valence-corrected chi connectivity index (χ3v) is 5.04. The summed E-state index contributed by atoms with van der Waals surface area (Å²) in [5.41, 5.74) is 1.70. The van der Waals surface area contributed by atoms with Crippen LogP contribution in [-0.2, 0) is 16.0 Å². The molecule has 1 fully saturated rings. The topological polar surface area (TPSA) is 77.1 Å². The first-order valence-corrected chi connectivity index (χ1v) is 9.47. The molecule has 0 spiro atoms. The molecule has 0 aromatic heterocycles. The van der Waals surface area contributed by atoms with Crippen molar-refractivity contribution in [3.63, 3.8) is 0 Å². The Morgan fingerprint density at radius 1 is 1.07 bits per heavy atom. The second-order valence-corrected chi connectivity index (χ2v) is 6.90. The number of rotatable bonds is 8. The first kappa shape index (κ1) is 20.5. The van der Waals surface area contributed by atoms with Gasteiger partial charge in [-0.25, -0.2) is 0 Å². The zero-order chi connectivity index (χ0) is 20.8. The van der Waals surface area contributed by atoms with Crippen LogP contribution in [0.25, 0.3) is 0 Å². The first-order chi connectivity index (χ1) is 14.0. The molecular formula is C22H26N2O5. The van der Waals surface area contributed by atoms with E-state index in [0.29, 0.717) is 42.4 Å². The minimum absolute atomic E-state index is 0.00345. The van der Waals surface area contributed by atoms with Gasteiger partial charge in [-0.1, -0.05) is 12.1 Å². The van der Waals surface area contributed by atoms with Crippen molar-refractivity contribution in [3.8, 4) is 17.2 Å². The maximum Gasteiger partial charge on any atom is 0.229 e. The lowest BCUT2D eigenvalue weighted by Gasteiger charge is -2.17. The highest BCUT2D eigenvalue weighted by atomic mass is 16.5. The maximum absolute atomic E-state index is 12.6. The van der Waals surface area contributed by atoms with Gasteiger partial charge in [0, 0.05) is 31.3 Å². The third kappa shape index (κ3) is 4.99. The fourth-order valence-corrected chi connectivity index (χ4v) is 3.41. The molecule has 0 radical (unpaired) electrons. The van der Waals surface area contributed by atoms with Crippen LogP contribution in [0.1, 0.15) is 12.0 Å². The van der Waals surface area contributed by atoms with Gasteiger partial charge in [0.15, 0.2) is 11.5 Å². The molecule has 1 N–H and O–H groups in total. The van der Waals surface area contributed by atoms with Crippen molar-refractivity contribution in [1.82, 2.24) is 4.90 Å². The van der Waals surface area contributed by atoms with Crippen LogP contribution in [0.4, 0.5) is 5.69 Å². The van der Waals surface area contributed by atoms with Gasteiger partial charge in [0.25, 0.3) is 0 Å². The molecule has 2 amide bonds. The summed E-state index contributed by atoms with van der Waals surface area (Å²) in [6.07, 6.45) is 0.901. The van der Waals surface area contributed by atoms with E-state index in [0.717, 1.165) is 5.56 Å². The van der Waals surface area contributed by atoms with Crippen molar-refractivity contribution < 1.29 is 23.8 Å². The molecule has 154 valence electrons. The van der Waals surface area contributed by atoms with Crippen LogP contribution < -0.4 is 19.5 Å². The minimum atomic E-state index is -0.362. The molecule has 7 nitrogen and oxygen atoms in total. The summed E-state index contributed by atoms with van der Waals surface area (Å²) >= 11 is 0. The summed E-state index contributed by atoms with van der Waals surface area (Å²) in [4.78, 5) is 26.7. The number of hydrogen-bond donors (Lipinski definition) is 1. The average molecular weight is 398 g/mol. The van der Waals surface area contributed by atoms with Crippen LogP contribution in [0, 0.1) is 5.92 Å². The lowest BCUT2D eigenvalue weighted by atomic mass is 10.1. The second-order valence-electron chi connectivity index (χ2n) is 6.90. The zero-order valence-corrected chi connectivity index (χ0v) is 16.9. The third-order valence-electron chi connectivity index (χ3n) is 5.04. The van der Waals surface area contributed by atoms with E-state index in [1.165, 1.54) is 0 Å². The Balaban J connectivity index is 1.56. The first-order valence-electron chi connectivity index (χ1n) is 9.47. The predicted octanol–water partition coefficient (Wildman–Crippen LogP) is 2.74. The molecule has 0 bridgehead atoms. The molecule has 1 saturated heterocycles. The Bertz CT molecular complexity index is 883. The molecule has 1 unspecified atom stereocenters. The number of benzene rings is 2. The number of hydrogen-bond acceptors (Lipinski definition) is 5. The molecule has 3 rings (SSSR count). The smallest absolute Gasteiger partial charge is 0.229 e. The quantitative estimate of drug-likeness (QED) is 0.740. The highest BCUT2D eigenvalue weighted by Gasteiger charge is 2.34. The van der Waals surface area contributed by atoms with E-state index in [9.17, 15) is 9.59 Å². The normalized spacial score (nSPS) is 15.9. The van der Waals surface area contributed by atoms with Crippen molar-refractivity contribution in [2.24, 2.45) is 5.92 Å². The predicted molar refractivity (Wildman–Crippen MR) is 110 cm³/mol. The number of nitrogens with one attached hydrogen (secondary N) is 1. The fourth-order valence-electron chi connectivity index (χ4n) is 3.41. The van der Waals surface area contributed by atoms with E-state index in [-0.39, 0.29) is 24.2 Å². The molecule has 29 heavy (non-hydrogen) atoms. The summed E-state index contributed by atoms with van der Waals surface area (Å²) in [5, 5.41) is 2.87. The SMILES string of the molecule is COc1cccc(NC(=O)C2CC(=O)N(CCc3ccc(OC)c(OC)c3)C2)c1. The summed E-state index contributed by atoms with van der Waals surface area (Å²) in [5.74, 6) is 1.48. The molecular weight excluding hydrogens is 372 g/mol. The van der Waals surface area contributed by atoms with Crippen LogP contribution in [0.5, 0.6) is 17.2 Å². The van der Waals surface area contributed by atoms with Crippen LogP contribution in [0.15, 0.2) is 42.5 Å². The van der Waals surface area contributed by atoms with E-state index < -0.39 is 0 Å². The van der Waals surface area contributed by atoms with E-state index in [1.807, 2.05) is 30.3 Å². The van der Waals surface area contributed by atoms with Gasteiger partial charge in [0.1, 0.15) is 5.75 Å². The number of methoxy groups -OCH3 is 3. The molecule has 7 heteroatoms. The number of amides is 2. The van der Waals surface area contributed by atoms with Gasteiger partial charge in [-0.2, -0.15) is 0 Å². The number of carbonyl (C=O) groups excluding carboxylic acids is 2. The summed E-state index contributed by atoms with van der Waals surface area (Å²) < 4.78 is 15.7. The zero-order valence-electron chi connectivity index (χ0n) is 16.9. The van der Waals surface area contributed by atoms with Crippen LogP contribution in [0.2, 0.25) is 0 Å². The van der Waals surface area contributed by atoms with Gasteiger partial charge >= 0.3 is 0 Å². The Morgan fingerprint density at radius 3 is 2.59 bits per heavy atom. The van der Waals surface area contributed by atoms with E-state index in [2.05, 4.69) is 5.32 Å². The Labute approximate surface area is 170 Å². The maximum atomic E-state index is 12.6.